The van der Waals surface area contributed by atoms with Gasteiger partial charge in [0, 0.05) is 11.8 Å². The first kappa shape index (κ1) is 24.6. The predicted octanol–water partition coefficient (Wildman–Crippen LogP) is 8.26. The van der Waals surface area contributed by atoms with Crippen molar-refractivity contribution in [3.8, 4) is 22.3 Å². The van der Waals surface area contributed by atoms with Crippen LogP contribution >= 0.6 is 0 Å². The van der Waals surface area contributed by atoms with Crippen molar-refractivity contribution in [2.75, 3.05) is 0 Å². The van der Waals surface area contributed by atoms with E-state index in [2.05, 4.69) is 131 Å². The third kappa shape index (κ3) is 4.11. The van der Waals surface area contributed by atoms with Gasteiger partial charge in [-0.25, -0.2) is 0 Å². The lowest BCUT2D eigenvalue weighted by atomic mass is 9.67. The number of hydrogen-bond acceptors (Lipinski definition) is 2. The monoisotopic (exact) mass is 510 g/mol. The smallest absolute Gasteiger partial charge is 0.399 e. The molecule has 3 heteroatoms. The second kappa shape index (κ2) is 9.08. The first-order valence-corrected chi connectivity index (χ1v) is 14.3. The molecule has 0 N–H and O–H groups in total. The van der Waals surface area contributed by atoms with Crippen molar-refractivity contribution in [1.82, 2.24) is 0 Å². The Balaban J connectivity index is 1.24. The van der Waals surface area contributed by atoms with Crippen molar-refractivity contribution in [1.29, 1.82) is 0 Å². The van der Waals surface area contributed by atoms with E-state index in [1.54, 1.807) is 0 Å². The standard InChI is InChI=1S/C36H35BO2/c1-35(2)36(3,4)39-37(38-35)28-14-10-13-26(22-28)24-11-9-12-25(21-24)27-19-20-33-31-17-6-5-15-29(31)30-16-7-8-18-32(30)34(33)23-27/h5-7,9-17,19-23,29,31H,8,18H2,1-4H3. The van der Waals surface area contributed by atoms with Crippen LogP contribution in [0.5, 0.6) is 0 Å². The molecule has 2 atom stereocenters. The van der Waals surface area contributed by atoms with E-state index >= 15 is 0 Å². The molecule has 3 aromatic carbocycles. The van der Waals surface area contributed by atoms with Gasteiger partial charge in [0.25, 0.3) is 0 Å². The van der Waals surface area contributed by atoms with Gasteiger partial charge >= 0.3 is 7.12 Å². The lowest BCUT2D eigenvalue weighted by Crippen LogP contribution is -2.41. The molecular formula is C36H35BO2. The molecule has 3 aromatic rings. The second-order valence-corrected chi connectivity index (χ2v) is 12.3. The maximum atomic E-state index is 6.33. The van der Waals surface area contributed by atoms with Crippen molar-refractivity contribution in [2.45, 2.75) is 57.7 Å². The van der Waals surface area contributed by atoms with Gasteiger partial charge in [-0.05, 0) is 103 Å². The molecular weight excluding hydrogens is 475 g/mol. The van der Waals surface area contributed by atoms with E-state index in [0.717, 1.165) is 18.3 Å². The van der Waals surface area contributed by atoms with Crippen molar-refractivity contribution in [2.24, 2.45) is 5.92 Å². The van der Waals surface area contributed by atoms with Crippen molar-refractivity contribution in [3.63, 3.8) is 0 Å². The fraction of sp³-hybridized carbons (Fsp3) is 0.278. The zero-order chi connectivity index (χ0) is 26.8. The fourth-order valence-corrected chi connectivity index (χ4v) is 6.50. The Hall–Kier alpha value is -3.40. The van der Waals surface area contributed by atoms with Gasteiger partial charge in [0.15, 0.2) is 0 Å². The molecule has 4 aliphatic rings. The molecule has 39 heavy (non-hydrogen) atoms. The summed E-state index contributed by atoms with van der Waals surface area (Å²) in [6.07, 6.45) is 16.1. The highest BCUT2D eigenvalue weighted by molar-refractivity contribution is 6.62. The molecule has 2 unspecified atom stereocenters. The minimum Gasteiger partial charge on any atom is -0.399 e. The van der Waals surface area contributed by atoms with Crippen molar-refractivity contribution in [3.05, 3.63) is 120 Å². The van der Waals surface area contributed by atoms with Gasteiger partial charge in [-0.15, -0.1) is 0 Å². The summed E-state index contributed by atoms with van der Waals surface area (Å²) in [7, 11) is -0.363. The zero-order valence-electron chi connectivity index (χ0n) is 23.3. The van der Waals surface area contributed by atoms with E-state index < -0.39 is 0 Å². The molecule has 1 heterocycles. The number of allylic oxidation sites excluding steroid dienone is 8. The molecule has 0 radical (unpaired) electrons. The summed E-state index contributed by atoms with van der Waals surface area (Å²) in [6.45, 7) is 8.40. The highest BCUT2D eigenvalue weighted by atomic mass is 16.7. The Morgan fingerprint density at radius 1 is 0.718 bits per heavy atom. The van der Waals surface area contributed by atoms with Gasteiger partial charge in [0.2, 0.25) is 0 Å². The van der Waals surface area contributed by atoms with E-state index in [4.69, 9.17) is 9.31 Å². The molecule has 2 nitrogen and oxygen atoms in total. The SMILES string of the molecule is CC1(C)OB(c2cccc(-c3cccc(-c4ccc5c(c4)C4=C(C=CCC4)C4C=CC=CC54)c3)c2)OC1(C)C. The Labute approximate surface area is 232 Å². The lowest BCUT2D eigenvalue weighted by Gasteiger charge is -2.36. The van der Waals surface area contributed by atoms with Gasteiger partial charge in [0.05, 0.1) is 11.2 Å². The zero-order valence-corrected chi connectivity index (χ0v) is 23.3. The number of hydrogen-bond donors (Lipinski definition) is 0. The maximum absolute atomic E-state index is 6.33. The highest BCUT2D eigenvalue weighted by Gasteiger charge is 2.51. The molecule has 1 fully saturated rings. The molecule has 0 bridgehead atoms. The van der Waals surface area contributed by atoms with E-state index in [-0.39, 0.29) is 18.3 Å². The van der Waals surface area contributed by atoms with Crippen molar-refractivity contribution < 1.29 is 9.31 Å². The summed E-state index contributed by atoms with van der Waals surface area (Å²) in [5.74, 6) is 0.879. The quantitative estimate of drug-likeness (QED) is 0.330. The van der Waals surface area contributed by atoms with Crippen LogP contribution in [0, 0.1) is 5.92 Å². The van der Waals surface area contributed by atoms with Crippen LogP contribution in [0.1, 0.15) is 57.6 Å². The minimum absolute atomic E-state index is 0.354. The molecule has 7 rings (SSSR count). The average Bonchev–Trinajstić information content (AvgIpc) is 3.19. The van der Waals surface area contributed by atoms with Gasteiger partial charge in [-0.1, -0.05) is 91.1 Å². The highest BCUT2D eigenvalue weighted by Crippen LogP contribution is 2.49. The topological polar surface area (TPSA) is 18.5 Å². The number of benzene rings is 3. The van der Waals surface area contributed by atoms with Crippen LogP contribution in [-0.4, -0.2) is 18.3 Å². The molecule has 1 saturated heterocycles. The first-order valence-electron chi connectivity index (χ1n) is 14.3. The summed E-state index contributed by atoms with van der Waals surface area (Å²) in [5, 5.41) is 0. The second-order valence-electron chi connectivity index (χ2n) is 12.3. The number of fused-ring (bicyclic) bond motifs is 5. The van der Waals surface area contributed by atoms with Gasteiger partial charge in [0.1, 0.15) is 0 Å². The van der Waals surface area contributed by atoms with Crippen LogP contribution in [0.2, 0.25) is 0 Å². The lowest BCUT2D eigenvalue weighted by molar-refractivity contribution is 0.00578. The van der Waals surface area contributed by atoms with Crippen LogP contribution in [0.4, 0.5) is 0 Å². The van der Waals surface area contributed by atoms with E-state index in [9.17, 15) is 0 Å². The van der Waals surface area contributed by atoms with Crippen LogP contribution in [-0.2, 0) is 9.31 Å². The van der Waals surface area contributed by atoms with Gasteiger partial charge in [-0.3, -0.25) is 0 Å². The molecule has 1 aliphatic heterocycles. The number of rotatable bonds is 3. The summed E-state index contributed by atoms with van der Waals surface area (Å²) in [4.78, 5) is 0. The van der Waals surface area contributed by atoms with Gasteiger partial charge < -0.3 is 9.31 Å². The molecule has 0 spiro atoms. The van der Waals surface area contributed by atoms with Gasteiger partial charge in [-0.2, -0.15) is 0 Å². The third-order valence-electron chi connectivity index (χ3n) is 9.38. The van der Waals surface area contributed by atoms with Crippen LogP contribution in [0.15, 0.2) is 109 Å². The Kier molecular flexibility index (Phi) is 5.73. The van der Waals surface area contributed by atoms with E-state index in [1.165, 1.54) is 44.5 Å². The summed E-state index contributed by atoms with van der Waals surface area (Å²) < 4.78 is 12.7. The molecule has 0 saturated carbocycles. The van der Waals surface area contributed by atoms with Crippen LogP contribution < -0.4 is 5.46 Å². The minimum atomic E-state index is -0.363. The Morgan fingerprint density at radius 2 is 1.36 bits per heavy atom. The summed E-state index contributed by atoms with van der Waals surface area (Å²) in [6, 6.07) is 24.6. The molecule has 0 aromatic heterocycles. The first-order chi connectivity index (χ1) is 18.8. The third-order valence-corrected chi connectivity index (χ3v) is 9.38. The average molecular weight is 510 g/mol. The molecule has 194 valence electrons. The van der Waals surface area contributed by atoms with Crippen molar-refractivity contribution >= 4 is 18.2 Å². The largest absolute Gasteiger partial charge is 0.494 e. The normalized spacial score (nSPS) is 23.9. The summed E-state index contributed by atoms with van der Waals surface area (Å²) in [5.41, 5.74) is 11.2. The fourth-order valence-electron chi connectivity index (χ4n) is 6.50. The predicted molar refractivity (Wildman–Crippen MR) is 163 cm³/mol. The molecule has 3 aliphatic carbocycles. The Morgan fingerprint density at radius 3 is 2.10 bits per heavy atom. The van der Waals surface area contributed by atoms with E-state index in [1.807, 2.05) is 0 Å². The Bertz CT molecular complexity index is 1570. The van der Waals surface area contributed by atoms with Crippen LogP contribution in [0.25, 0.3) is 27.8 Å². The maximum Gasteiger partial charge on any atom is 0.494 e. The molecule has 0 amide bonds. The van der Waals surface area contributed by atoms with E-state index in [0.29, 0.717) is 11.8 Å². The van der Waals surface area contributed by atoms with Crippen LogP contribution in [0.3, 0.4) is 0 Å². The summed E-state index contributed by atoms with van der Waals surface area (Å²) >= 11 is 0.